The number of nitriles is 1. The van der Waals surface area contributed by atoms with Gasteiger partial charge in [0, 0.05) is 5.56 Å². The van der Waals surface area contributed by atoms with Gasteiger partial charge in [-0.15, -0.1) is 0 Å². The van der Waals surface area contributed by atoms with Crippen molar-refractivity contribution in [2.45, 2.75) is 18.9 Å². The van der Waals surface area contributed by atoms with Crippen LogP contribution < -0.4 is 0 Å². The van der Waals surface area contributed by atoms with Gasteiger partial charge in [-0.05, 0) is 25.0 Å². The van der Waals surface area contributed by atoms with Gasteiger partial charge in [-0.3, -0.25) is 0 Å². The second-order valence-electron chi connectivity index (χ2n) is 3.20. The molecule has 1 fully saturated rings. The summed E-state index contributed by atoms with van der Waals surface area (Å²) in [5, 5.41) is 12.3. The largest absolute Gasteiger partial charge is 0.392 e. The second kappa shape index (κ2) is 3.93. The quantitative estimate of drug-likeness (QED) is 0.533. The Morgan fingerprint density at radius 2 is 1.86 bits per heavy atom. The lowest BCUT2D eigenvalue weighted by atomic mass is 10.2. The van der Waals surface area contributed by atoms with Gasteiger partial charge >= 0.3 is 0 Å². The van der Waals surface area contributed by atoms with Gasteiger partial charge in [-0.25, -0.2) is 0 Å². The summed E-state index contributed by atoms with van der Waals surface area (Å²) in [6, 6.07) is 9.09. The highest BCUT2D eigenvalue weighted by Crippen LogP contribution is 2.23. The van der Waals surface area contributed by atoms with Crippen molar-refractivity contribution < 1.29 is 4.84 Å². The van der Waals surface area contributed by atoms with Crippen molar-refractivity contribution in [2.75, 3.05) is 0 Å². The average Bonchev–Trinajstić information content (AvgIpc) is 3.03. The summed E-state index contributed by atoms with van der Waals surface area (Å²) < 4.78 is 0. The van der Waals surface area contributed by atoms with E-state index in [2.05, 4.69) is 11.4 Å². The Morgan fingerprint density at radius 1 is 1.21 bits per heavy atom. The Morgan fingerprint density at radius 3 is 2.43 bits per heavy atom. The van der Waals surface area contributed by atoms with Crippen LogP contribution in [0.4, 0.5) is 0 Å². The molecule has 1 saturated carbocycles. The van der Waals surface area contributed by atoms with Gasteiger partial charge in [0.2, 0.25) is 0 Å². The lowest BCUT2D eigenvalue weighted by molar-refractivity contribution is 0.131. The molecule has 1 aromatic rings. The molecule has 0 aromatic heterocycles. The van der Waals surface area contributed by atoms with Crippen molar-refractivity contribution >= 4 is 6.21 Å². The molecule has 1 radical (unpaired) electrons. The fraction of sp³-hybridized carbons (Fsp3) is 0.273. The summed E-state index contributed by atoms with van der Waals surface area (Å²) >= 11 is 0. The lowest BCUT2D eigenvalue weighted by Crippen LogP contribution is -1.86. The topological polar surface area (TPSA) is 45.4 Å². The fourth-order valence-electron chi connectivity index (χ4n) is 0.946. The zero-order valence-corrected chi connectivity index (χ0v) is 7.60. The van der Waals surface area contributed by atoms with Crippen molar-refractivity contribution in [3.8, 4) is 6.07 Å². The first-order valence-corrected chi connectivity index (χ1v) is 4.50. The third-order valence-corrected chi connectivity index (χ3v) is 1.91. The highest BCUT2D eigenvalue weighted by Gasteiger charge is 2.23. The minimum atomic E-state index is 0.306. The summed E-state index contributed by atoms with van der Waals surface area (Å²) in [6.45, 7) is 0. The first-order valence-electron chi connectivity index (χ1n) is 4.50. The zero-order valence-electron chi connectivity index (χ0n) is 7.60. The molecule has 0 bridgehead atoms. The molecule has 2 rings (SSSR count). The van der Waals surface area contributed by atoms with E-state index >= 15 is 0 Å². The summed E-state index contributed by atoms with van der Waals surface area (Å²) in [5.41, 5.74) is 1.46. The molecule has 0 aliphatic heterocycles. The number of rotatable bonds is 3. The van der Waals surface area contributed by atoms with Crippen LogP contribution in [0.3, 0.4) is 0 Å². The van der Waals surface area contributed by atoms with E-state index in [0.29, 0.717) is 11.7 Å². The number of benzene rings is 1. The Bertz CT molecular complexity index is 371. The van der Waals surface area contributed by atoms with E-state index in [1.54, 1.807) is 24.3 Å². The van der Waals surface area contributed by atoms with Crippen molar-refractivity contribution in [1.29, 1.82) is 5.26 Å². The molecule has 0 saturated heterocycles. The Labute approximate surface area is 82.6 Å². The average molecular weight is 185 g/mol. The van der Waals surface area contributed by atoms with E-state index in [0.717, 1.165) is 18.4 Å². The van der Waals surface area contributed by atoms with Gasteiger partial charge in [-0.2, -0.15) is 5.26 Å². The molecular formula is C11H9N2O. The Hall–Kier alpha value is -1.82. The normalized spacial score (nSPS) is 15.4. The number of nitrogens with zero attached hydrogens (tertiary/aromatic N) is 2. The van der Waals surface area contributed by atoms with Gasteiger partial charge in [0.15, 0.2) is 0 Å². The maximum Gasteiger partial charge on any atom is 0.139 e. The Balaban J connectivity index is 1.95. The van der Waals surface area contributed by atoms with Crippen LogP contribution in [0, 0.1) is 11.3 Å². The van der Waals surface area contributed by atoms with Crippen molar-refractivity contribution in [1.82, 2.24) is 0 Å². The predicted molar refractivity (Wildman–Crippen MR) is 51.8 cm³/mol. The fourth-order valence-corrected chi connectivity index (χ4v) is 0.946. The second-order valence-corrected chi connectivity index (χ2v) is 3.20. The van der Waals surface area contributed by atoms with Gasteiger partial charge in [0.25, 0.3) is 0 Å². The molecule has 0 spiro atoms. The van der Waals surface area contributed by atoms with E-state index in [4.69, 9.17) is 10.1 Å². The predicted octanol–water partition coefficient (Wildman–Crippen LogP) is 1.95. The van der Waals surface area contributed by atoms with Gasteiger partial charge < -0.3 is 4.84 Å². The summed E-state index contributed by atoms with van der Waals surface area (Å²) in [4.78, 5) is 5.06. The maximum absolute atomic E-state index is 8.57. The molecular weight excluding hydrogens is 176 g/mol. The standard InChI is InChI=1S/C11H9N2O/c12-7-9-1-3-10(4-2-9)8-13-14-11-5-6-11/h1-4,11H,5-6H2. The first-order chi connectivity index (χ1) is 6.88. The highest BCUT2D eigenvalue weighted by molar-refractivity contribution is 5.79. The van der Waals surface area contributed by atoms with Crippen LogP contribution in [-0.4, -0.2) is 12.3 Å². The van der Waals surface area contributed by atoms with Gasteiger partial charge in [0.1, 0.15) is 12.3 Å². The van der Waals surface area contributed by atoms with Crippen LogP contribution in [0.25, 0.3) is 0 Å². The molecule has 14 heavy (non-hydrogen) atoms. The maximum atomic E-state index is 8.57. The minimum Gasteiger partial charge on any atom is -0.392 e. The number of hydrogen-bond acceptors (Lipinski definition) is 3. The molecule has 0 heterocycles. The molecule has 1 aliphatic carbocycles. The zero-order chi connectivity index (χ0) is 9.80. The summed E-state index contributed by atoms with van der Waals surface area (Å²) in [6.07, 6.45) is 5.26. The van der Waals surface area contributed by atoms with E-state index in [1.807, 2.05) is 6.07 Å². The first kappa shape index (κ1) is 8.76. The monoisotopic (exact) mass is 185 g/mol. The Kier molecular flexibility index (Phi) is 2.46. The highest BCUT2D eigenvalue weighted by atomic mass is 16.6. The molecule has 69 valence electrons. The van der Waals surface area contributed by atoms with Crippen LogP contribution in [0.5, 0.6) is 0 Å². The van der Waals surface area contributed by atoms with E-state index in [1.165, 1.54) is 0 Å². The van der Waals surface area contributed by atoms with E-state index < -0.39 is 0 Å². The van der Waals surface area contributed by atoms with Crippen molar-refractivity contribution in [3.63, 3.8) is 0 Å². The third kappa shape index (κ3) is 2.33. The lowest BCUT2D eigenvalue weighted by Gasteiger charge is -1.93. The summed E-state index contributed by atoms with van der Waals surface area (Å²) in [7, 11) is 0. The van der Waals surface area contributed by atoms with E-state index in [-0.39, 0.29) is 0 Å². The van der Waals surface area contributed by atoms with E-state index in [9.17, 15) is 0 Å². The molecule has 0 atom stereocenters. The van der Waals surface area contributed by atoms with Crippen LogP contribution in [0.1, 0.15) is 24.0 Å². The smallest absolute Gasteiger partial charge is 0.139 e. The molecule has 3 heteroatoms. The minimum absolute atomic E-state index is 0.306. The van der Waals surface area contributed by atoms with Crippen LogP contribution >= 0.6 is 0 Å². The van der Waals surface area contributed by atoms with Crippen LogP contribution in [0.2, 0.25) is 0 Å². The van der Waals surface area contributed by atoms with Crippen LogP contribution in [0.15, 0.2) is 29.4 Å². The van der Waals surface area contributed by atoms with Crippen LogP contribution in [-0.2, 0) is 4.84 Å². The molecule has 0 N–H and O–H groups in total. The molecule has 3 nitrogen and oxygen atoms in total. The van der Waals surface area contributed by atoms with Crippen molar-refractivity contribution in [2.24, 2.45) is 5.16 Å². The number of hydrogen-bond donors (Lipinski definition) is 0. The molecule has 1 aromatic carbocycles. The summed E-state index contributed by atoms with van der Waals surface area (Å²) in [5.74, 6) is 0. The van der Waals surface area contributed by atoms with Gasteiger partial charge in [0.05, 0.1) is 11.6 Å². The van der Waals surface area contributed by atoms with Gasteiger partial charge in [-0.1, -0.05) is 17.3 Å². The van der Waals surface area contributed by atoms with Crippen molar-refractivity contribution in [3.05, 3.63) is 35.4 Å². The molecule has 0 unspecified atom stereocenters. The third-order valence-electron chi connectivity index (χ3n) is 1.91. The molecule has 0 amide bonds. The SMILES string of the molecule is N#Cc1ccc(/[C]=N/OC2CC2)cc1. The molecule has 1 aliphatic rings.